The van der Waals surface area contributed by atoms with E-state index in [1.54, 1.807) is 0 Å². The van der Waals surface area contributed by atoms with E-state index in [1.165, 1.54) is 0 Å². The van der Waals surface area contributed by atoms with Crippen molar-refractivity contribution in [3.63, 3.8) is 0 Å². The van der Waals surface area contributed by atoms with Crippen molar-refractivity contribution in [2.45, 2.75) is 85.0 Å². The number of unbranched alkanes of at least 4 members (excludes halogenated alkanes) is 3. The summed E-state index contributed by atoms with van der Waals surface area (Å²) in [5.74, 6) is -1.04. The molecule has 0 radical (unpaired) electrons. The normalized spacial score (nSPS) is 13.0. The fraction of sp³-hybridized carbons (Fsp3) is 0.714. The van der Waals surface area contributed by atoms with E-state index in [9.17, 15) is 26.3 Å². The van der Waals surface area contributed by atoms with Gasteiger partial charge in [-0.3, -0.25) is 0 Å². The van der Waals surface area contributed by atoms with Crippen LogP contribution >= 0.6 is 0 Å². The van der Waals surface area contributed by atoms with Gasteiger partial charge >= 0.3 is 174 Å². The molecular weight excluding hydrogens is 501 g/mol. The number of rotatable bonds is 12. The molecular formula is C21H32F6OSn. The van der Waals surface area contributed by atoms with Gasteiger partial charge in [0.05, 0.1) is 0 Å². The summed E-state index contributed by atoms with van der Waals surface area (Å²) in [6.45, 7) is 6.16. The molecule has 0 saturated carbocycles. The molecule has 168 valence electrons. The number of hydrogen-bond acceptors (Lipinski definition) is 1. The molecule has 0 aliphatic carbocycles. The topological polar surface area (TPSA) is 9.23 Å². The maximum absolute atomic E-state index is 13.4. The SMILES string of the molecule is CCC[CH2][Sn]([CH2]CCC)([CH2]CCC)[CH2]Oc1c(C(F)(F)F)cccc1C(F)(F)F. The second-order valence-electron chi connectivity index (χ2n) is 7.78. The summed E-state index contributed by atoms with van der Waals surface area (Å²) in [4.78, 5) is 0. The van der Waals surface area contributed by atoms with Crippen LogP contribution in [0.1, 0.15) is 70.4 Å². The van der Waals surface area contributed by atoms with Gasteiger partial charge < -0.3 is 0 Å². The van der Waals surface area contributed by atoms with Crippen molar-refractivity contribution in [3.05, 3.63) is 29.3 Å². The fourth-order valence-electron chi connectivity index (χ4n) is 3.61. The van der Waals surface area contributed by atoms with Crippen LogP contribution in [0.4, 0.5) is 26.3 Å². The van der Waals surface area contributed by atoms with Gasteiger partial charge in [-0.2, -0.15) is 0 Å². The summed E-state index contributed by atoms with van der Waals surface area (Å²) in [6, 6.07) is 2.14. The van der Waals surface area contributed by atoms with Gasteiger partial charge in [0, 0.05) is 0 Å². The van der Waals surface area contributed by atoms with E-state index in [2.05, 4.69) is 20.8 Å². The van der Waals surface area contributed by atoms with Gasteiger partial charge in [0.2, 0.25) is 0 Å². The Bertz CT molecular complexity index is 558. The van der Waals surface area contributed by atoms with Gasteiger partial charge in [-0.15, -0.1) is 0 Å². The zero-order valence-corrected chi connectivity index (χ0v) is 20.3. The first kappa shape index (κ1) is 26.4. The molecule has 1 aromatic rings. The number of hydrogen-bond donors (Lipinski definition) is 0. The van der Waals surface area contributed by atoms with Gasteiger partial charge in [-0.1, -0.05) is 0 Å². The van der Waals surface area contributed by atoms with E-state index >= 15 is 0 Å². The third kappa shape index (κ3) is 8.21. The Balaban J connectivity index is 3.31. The molecule has 0 N–H and O–H groups in total. The molecule has 0 spiro atoms. The van der Waals surface area contributed by atoms with Gasteiger partial charge in [-0.05, 0) is 0 Å². The first-order valence-corrected chi connectivity index (χ1v) is 18.5. The maximum atomic E-state index is 13.4. The molecule has 1 nitrogen and oxygen atoms in total. The van der Waals surface area contributed by atoms with E-state index in [1.807, 2.05) is 0 Å². The molecule has 29 heavy (non-hydrogen) atoms. The van der Waals surface area contributed by atoms with E-state index in [-0.39, 0.29) is 4.62 Å². The zero-order valence-electron chi connectivity index (χ0n) is 17.5. The minimum atomic E-state index is -4.90. The molecule has 0 unspecified atom stereocenters. The fourth-order valence-corrected chi connectivity index (χ4v) is 17.7. The van der Waals surface area contributed by atoms with Crippen LogP contribution in [0.5, 0.6) is 5.75 Å². The first-order chi connectivity index (χ1) is 13.5. The second kappa shape index (κ2) is 11.7. The van der Waals surface area contributed by atoms with E-state index < -0.39 is 47.6 Å². The summed E-state index contributed by atoms with van der Waals surface area (Å²) in [5, 5.41) is 0. The molecule has 1 rings (SSSR count). The molecule has 0 saturated heterocycles. The summed E-state index contributed by atoms with van der Waals surface area (Å²) in [5.41, 5.74) is -2.68. The Morgan fingerprint density at radius 2 is 1.10 bits per heavy atom. The second-order valence-corrected chi connectivity index (χ2v) is 21.4. The Hall–Kier alpha value is -0.601. The molecule has 0 bridgehead atoms. The van der Waals surface area contributed by atoms with Crippen molar-refractivity contribution in [3.8, 4) is 5.75 Å². The van der Waals surface area contributed by atoms with Crippen LogP contribution in [0.2, 0.25) is 13.3 Å². The van der Waals surface area contributed by atoms with Crippen molar-refractivity contribution in [1.82, 2.24) is 0 Å². The average Bonchev–Trinajstić information content (AvgIpc) is 2.65. The third-order valence-electron chi connectivity index (χ3n) is 5.33. The van der Waals surface area contributed by atoms with Crippen molar-refractivity contribution in [2.75, 3.05) is 4.62 Å². The van der Waals surface area contributed by atoms with Crippen LogP contribution in [0.3, 0.4) is 0 Å². The molecule has 8 heteroatoms. The Kier molecular flexibility index (Phi) is 10.7. The van der Waals surface area contributed by atoms with Gasteiger partial charge in [-0.25, -0.2) is 0 Å². The standard InChI is InChI=1S/C9H5F6O.3C4H9.Sn/c1-16-7-5(8(10,11)12)3-2-4-6(7)9(13,14)15;3*1-3-4-2;/h2-4H,1H2;3*1,3-4H2,2H3;. The Morgan fingerprint density at radius 3 is 1.41 bits per heavy atom. The summed E-state index contributed by atoms with van der Waals surface area (Å²) >= 11 is -3.06. The van der Waals surface area contributed by atoms with Gasteiger partial charge in [0.25, 0.3) is 0 Å². The van der Waals surface area contributed by atoms with Gasteiger partial charge in [0.1, 0.15) is 0 Å². The quantitative estimate of drug-likeness (QED) is 0.194. The van der Waals surface area contributed by atoms with Gasteiger partial charge in [0.15, 0.2) is 0 Å². The molecule has 0 aliphatic heterocycles. The zero-order chi connectivity index (χ0) is 22.1. The molecule has 0 atom stereocenters. The van der Waals surface area contributed by atoms with E-state index in [0.717, 1.165) is 57.9 Å². The van der Waals surface area contributed by atoms with E-state index in [4.69, 9.17) is 4.74 Å². The van der Waals surface area contributed by atoms with Crippen LogP contribution < -0.4 is 4.74 Å². The van der Waals surface area contributed by atoms with Crippen LogP contribution in [0, 0.1) is 0 Å². The van der Waals surface area contributed by atoms with Crippen LogP contribution in [-0.2, 0) is 12.4 Å². The number of benzene rings is 1. The first-order valence-electron chi connectivity index (χ1n) is 10.4. The molecule has 1 aromatic carbocycles. The van der Waals surface area contributed by atoms with Crippen LogP contribution in [0.25, 0.3) is 0 Å². The number of ether oxygens (including phenoxy) is 1. The molecule has 0 fully saturated rings. The Morgan fingerprint density at radius 1 is 0.724 bits per heavy atom. The summed E-state index contributed by atoms with van der Waals surface area (Å²) < 4.78 is 88.9. The number of alkyl halides is 6. The monoisotopic (exact) mass is 534 g/mol. The third-order valence-corrected chi connectivity index (χ3v) is 19.6. The van der Waals surface area contributed by atoms with Crippen molar-refractivity contribution >= 4 is 18.4 Å². The Labute approximate surface area is 174 Å². The van der Waals surface area contributed by atoms with Crippen LogP contribution in [0.15, 0.2) is 18.2 Å². The molecule has 0 amide bonds. The van der Waals surface area contributed by atoms with Crippen molar-refractivity contribution in [2.24, 2.45) is 0 Å². The van der Waals surface area contributed by atoms with E-state index in [0.29, 0.717) is 12.1 Å². The van der Waals surface area contributed by atoms with Crippen molar-refractivity contribution < 1.29 is 31.1 Å². The minimum absolute atomic E-state index is 0.0743. The predicted octanol–water partition coefficient (Wildman–Crippen LogP) is 8.49. The molecule has 0 aliphatic rings. The van der Waals surface area contributed by atoms with Crippen molar-refractivity contribution in [1.29, 1.82) is 0 Å². The predicted molar refractivity (Wildman–Crippen MR) is 107 cm³/mol. The summed E-state index contributed by atoms with van der Waals surface area (Å²) in [7, 11) is 0. The summed E-state index contributed by atoms with van der Waals surface area (Å²) in [6.07, 6.45) is -4.03. The van der Waals surface area contributed by atoms with Crippen LogP contribution in [-0.4, -0.2) is 23.0 Å². The average molecular weight is 533 g/mol. The molecule has 0 heterocycles. The number of para-hydroxylation sites is 1. The number of halogens is 6. The molecule has 0 aromatic heterocycles.